The van der Waals surface area contributed by atoms with Gasteiger partial charge in [-0.3, -0.25) is 9.59 Å². The van der Waals surface area contributed by atoms with Crippen molar-refractivity contribution in [1.29, 1.82) is 0 Å². The van der Waals surface area contributed by atoms with Crippen molar-refractivity contribution in [2.75, 3.05) is 44.7 Å². The summed E-state index contributed by atoms with van der Waals surface area (Å²) in [6.45, 7) is 4.25. The third-order valence-corrected chi connectivity index (χ3v) is 6.18. The molecular formula is C20H28ClN3O3. The summed E-state index contributed by atoms with van der Waals surface area (Å²) in [6, 6.07) is 7.50. The van der Waals surface area contributed by atoms with Crippen LogP contribution in [0.3, 0.4) is 0 Å². The maximum atomic E-state index is 13.0. The summed E-state index contributed by atoms with van der Waals surface area (Å²) < 4.78 is 5.38. The molecule has 4 rings (SSSR count). The number of amides is 2. The van der Waals surface area contributed by atoms with E-state index in [1.54, 1.807) is 12.0 Å². The van der Waals surface area contributed by atoms with Gasteiger partial charge in [0.25, 0.3) is 0 Å². The zero-order valence-electron chi connectivity index (χ0n) is 15.7. The molecular weight excluding hydrogens is 366 g/mol. The molecule has 27 heavy (non-hydrogen) atoms. The fraction of sp³-hybridized carbons (Fsp3) is 0.600. The lowest BCUT2D eigenvalue weighted by Gasteiger charge is -2.24. The van der Waals surface area contributed by atoms with Crippen molar-refractivity contribution in [2.24, 2.45) is 17.8 Å². The predicted molar refractivity (Wildman–Crippen MR) is 106 cm³/mol. The number of ether oxygens (including phenoxy) is 1. The molecule has 7 heteroatoms. The Morgan fingerprint density at radius 3 is 2.48 bits per heavy atom. The van der Waals surface area contributed by atoms with E-state index in [-0.39, 0.29) is 30.1 Å². The van der Waals surface area contributed by atoms with Gasteiger partial charge in [-0.25, -0.2) is 0 Å². The van der Waals surface area contributed by atoms with E-state index in [0.717, 1.165) is 44.7 Å². The van der Waals surface area contributed by atoms with Crippen LogP contribution < -0.4 is 15.0 Å². The van der Waals surface area contributed by atoms with Gasteiger partial charge in [-0.05, 0) is 49.9 Å². The fourth-order valence-electron chi connectivity index (χ4n) is 4.66. The number of fused-ring (bicyclic) bond motifs is 1. The number of para-hydroxylation sites is 2. The smallest absolute Gasteiger partial charge is 0.228 e. The summed E-state index contributed by atoms with van der Waals surface area (Å²) in [5.41, 5.74) is 0.756. The van der Waals surface area contributed by atoms with Crippen LogP contribution in [0.15, 0.2) is 24.3 Å². The second kappa shape index (κ2) is 8.48. The maximum absolute atomic E-state index is 13.0. The van der Waals surface area contributed by atoms with E-state index in [9.17, 15) is 9.59 Å². The number of rotatable bonds is 3. The van der Waals surface area contributed by atoms with Gasteiger partial charge in [0.2, 0.25) is 11.8 Å². The Kier molecular flexibility index (Phi) is 6.27. The van der Waals surface area contributed by atoms with Gasteiger partial charge < -0.3 is 19.9 Å². The van der Waals surface area contributed by atoms with Crippen molar-refractivity contribution in [2.45, 2.75) is 19.3 Å². The van der Waals surface area contributed by atoms with Crippen LogP contribution in [-0.2, 0) is 9.59 Å². The molecule has 0 radical (unpaired) electrons. The fourth-order valence-corrected chi connectivity index (χ4v) is 4.66. The topological polar surface area (TPSA) is 61.9 Å². The SMILES string of the molecule is COc1ccccc1N1CC(C(=O)N2CC[C@@H]3CNC[C@@H]3CC2)CC1=O.Cl. The molecule has 3 saturated heterocycles. The van der Waals surface area contributed by atoms with E-state index in [1.165, 1.54) is 0 Å². The second-order valence-electron chi connectivity index (χ2n) is 7.66. The van der Waals surface area contributed by atoms with Crippen LogP contribution in [0.25, 0.3) is 0 Å². The van der Waals surface area contributed by atoms with Crippen molar-refractivity contribution in [1.82, 2.24) is 10.2 Å². The number of carbonyl (C=O) groups is 2. The second-order valence-corrected chi connectivity index (χ2v) is 7.66. The minimum absolute atomic E-state index is 0. The van der Waals surface area contributed by atoms with Crippen molar-refractivity contribution in [3.05, 3.63) is 24.3 Å². The molecule has 1 unspecified atom stereocenters. The first kappa shape index (κ1) is 20.0. The Morgan fingerprint density at radius 2 is 1.81 bits per heavy atom. The van der Waals surface area contributed by atoms with Crippen molar-refractivity contribution in [3.8, 4) is 5.75 Å². The van der Waals surface area contributed by atoms with Crippen LogP contribution in [0, 0.1) is 17.8 Å². The van der Waals surface area contributed by atoms with Gasteiger partial charge in [0, 0.05) is 26.1 Å². The number of halogens is 1. The van der Waals surface area contributed by atoms with Crippen molar-refractivity contribution >= 4 is 29.9 Å². The summed E-state index contributed by atoms with van der Waals surface area (Å²) in [4.78, 5) is 29.3. The molecule has 0 spiro atoms. The maximum Gasteiger partial charge on any atom is 0.228 e. The highest BCUT2D eigenvalue weighted by molar-refractivity contribution is 6.01. The standard InChI is InChI=1S/C20H27N3O3.ClH/c1-26-18-5-3-2-4-17(18)23-13-16(10-19(23)24)20(25)22-8-6-14-11-21-12-15(14)7-9-22;/h2-5,14-16,21H,6-13H2,1H3;1H/t14-,15+,16?;. The number of benzene rings is 1. The molecule has 1 N–H and O–H groups in total. The molecule has 6 nitrogen and oxygen atoms in total. The Labute approximate surface area is 166 Å². The minimum Gasteiger partial charge on any atom is -0.495 e. The van der Waals surface area contributed by atoms with E-state index in [2.05, 4.69) is 5.32 Å². The Bertz CT molecular complexity index is 685. The van der Waals surface area contributed by atoms with Gasteiger partial charge in [0.15, 0.2) is 0 Å². The van der Waals surface area contributed by atoms with E-state index in [4.69, 9.17) is 4.74 Å². The van der Waals surface area contributed by atoms with Crippen LogP contribution in [0.5, 0.6) is 5.75 Å². The molecule has 3 fully saturated rings. The average Bonchev–Trinajstić information content (AvgIpc) is 3.22. The average molecular weight is 394 g/mol. The highest BCUT2D eigenvalue weighted by atomic mass is 35.5. The number of methoxy groups -OCH3 is 1. The van der Waals surface area contributed by atoms with Crippen molar-refractivity contribution < 1.29 is 14.3 Å². The Hall–Kier alpha value is -1.79. The number of nitrogens with zero attached hydrogens (tertiary/aromatic N) is 2. The Morgan fingerprint density at radius 1 is 1.15 bits per heavy atom. The van der Waals surface area contributed by atoms with Crippen LogP contribution >= 0.6 is 12.4 Å². The normalized spacial score (nSPS) is 27.7. The van der Waals surface area contributed by atoms with Gasteiger partial charge in [0.05, 0.1) is 18.7 Å². The molecule has 3 heterocycles. The van der Waals surface area contributed by atoms with Gasteiger partial charge >= 0.3 is 0 Å². The Balaban J connectivity index is 0.00000210. The van der Waals surface area contributed by atoms with E-state index < -0.39 is 0 Å². The van der Waals surface area contributed by atoms with Gasteiger partial charge in [0.1, 0.15) is 5.75 Å². The zero-order chi connectivity index (χ0) is 18.1. The van der Waals surface area contributed by atoms with Gasteiger partial charge in [-0.2, -0.15) is 0 Å². The molecule has 3 aliphatic heterocycles. The number of nitrogens with one attached hydrogen (secondary N) is 1. The summed E-state index contributed by atoms with van der Waals surface area (Å²) in [7, 11) is 1.60. The first-order valence-corrected chi connectivity index (χ1v) is 9.60. The highest BCUT2D eigenvalue weighted by Gasteiger charge is 2.39. The van der Waals surface area contributed by atoms with E-state index >= 15 is 0 Å². The first-order chi connectivity index (χ1) is 12.7. The van der Waals surface area contributed by atoms with Crippen molar-refractivity contribution in [3.63, 3.8) is 0 Å². The van der Waals surface area contributed by atoms with E-state index in [1.807, 2.05) is 29.2 Å². The lowest BCUT2D eigenvalue weighted by molar-refractivity contribution is -0.135. The summed E-state index contributed by atoms with van der Waals surface area (Å²) in [5.74, 6) is 1.96. The van der Waals surface area contributed by atoms with Crippen LogP contribution in [0.4, 0.5) is 5.69 Å². The number of likely N-dealkylation sites (tertiary alicyclic amines) is 1. The molecule has 0 aliphatic carbocycles. The molecule has 148 valence electrons. The predicted octanol–water partition coefficient (Wildman–Crippen LogP) is 1.93. The molecule has 0 saturated carbocycles. The molecule has 3 aliphatic rings. The van der Waals surface area contributed by atoms with E-state index in [0.29, 0.717) is 30.6 Å². The minimum atomic E-state index is -0.247. The lowest BCUT2D eigenvalue weighted by Crippen LogP contribution is -2.38. The zero-order valence-corrected chi connectivity index (χ0v) is 16.5. The molecule has 3 atom stereocenters. The quantitative estimate of drug-likeness (QED) is 0.852. The van der Waals surface area contributed by atoms with Crippen LogP contribution in [0.2, 0.25) is 0 Å². The number of carbonyl (C=O) groups excluding carboxylic acids is 2. The van der Waals surface area contributed by atoms with Crippen LogP contribution in [0.1, 0.15) is 19.3 Å². The number of hydrogen-bond donors (Lipinski definition) is 1. The highest BCUT2D eigenvalue weighted by Crippen LogP contribution is 2.34. The van der Waals surface area contributed by atoms with Crippen LogP contribution in [-0.4, -0.2) is 56.5 Å². The molecule has 0 bridgehead atoms. The third-order valence-electron chi connectivity index (χ3n) is 6.18. The van der Waals surface area contributed by atoms with Gasteiger partial charge in [-0.15, -0.1) is 12.4 Å². The monoisotopic (exact) mass is 393 g/mol. The number of anilines is 1. The molecule has 0 aromatic heterocycles. The molecule has 1 aromatic carbocycles. The lowest BCUT2D eigenvalue weighted by atomic mass is 9.92. The molecule has 2 amide bonds. The third kappa shape index (κ3) is 3.92. The largest absolute Gasteiger partial charge is 0.495 e. The first-order valence-electron chi connectivity index (χ1n) is 9.60. The summed E-state index contributed by atoms with van der Waals surface area (Å²) in [6.07, 6.45) is 2.43. The summed E-state index contributed by atoms with van der Waals surface area (Å²) >= 11 is 0. The number of hydrogen-bond acceptors (Lipinski definition) is 4. The molecule has 1 aromatic rings. The van der Waals surface area contributed by atoms with Gasteiger partial charge in [-0.1, -0.05) is 12.1 Å². The summed E-state index contributed by atoms with van der Waals surface area (Å²) in [5, 5.41) is 3.47.